The average Bonchev–Trinajstić information content (AvgIpc) is 2.76. The van der Waals surface area contributed by atoms with Crippen LogP contribution in [0.3, 0.4) is 0 Å². The van der Waals surface area contributed by atoms with E-state index in [0.29, 0.717) is 0 Å². The first-order valence-electron chi connectivity index (χ1n) is 5.69. The minimum absolute atomic E-state index is 0.103. The number of alkyl carbamates (subject to hydrolysis) is 1. The summed E-state index contributed by atoms with van der Waals surface area (Å²) in [6, 6.07) is 1.99. The summed E-state index contributed by atoms with van der Waals surface area (Å²) >= 11 is 3.36. The van der Waals surface area contributed by atoms with Gasteiger partial charge < -0.3 is 15.0 Å². The number of aromatic nitrogens is 2. The second kappa shape index (κ2) is 5.51. The Morgan fingerprint density at radius 3 is 3.06 bits per heavy atom. The summed E-state index contributed by atoms with van der Waals surface area (Å²) < 4.78 is 5.36. The number of methoxy groups -OCH3 is 1. The minimum atomic E-state index is -0.387. The highest BCUT2D eigenvalue weighted by molar-refractivity contribution is 9.10. The van der Waals surface area contributed by atoms with E-state index in [9.17, 15) is 4.79 Å². The Labute approximate surface area is 114 Å². The van der Waals surface area contributed by atoms with Crippen LogP contribution in [0.5, 0.6) is 0 Å². The zero-order valence-corrected chi connectivity index (χ0v) is 11.9. The van der Waals surface area contributed by atoms with Crippen molar-refractivity contribution in [1.29, 1.82) is 0 Å². The van der Waals surface area contributed by atoms with Crippen molar-refractivity contribution in [1.82, 2.24) is 15.3 Å². The third kappa shape index (κ3) is 3.10. The molecular weight excluding hydrogens is 300 g/mol. The van der Waals surface area contributed by atoms with Crippen molar-refractivity contribution >= 4 is 27.8 Å². The van der Waals surface area contributed by atoms with E-state index in [1.54, 1.807) is 0 Å². The molecule has 1 atom stereocenters. The lowest BCUT2D eigenvalue weighted by atomic mass is 10.3. The lowest BCUT2D eigenvalue weighted by Crippen LogP contribution is -2.37. The van der Waals surface area contributed by atoms with Crippen molar-refractivity contribution in [3.05, 3.63) is 16.5 Å². The summed E-state index contributed by atoms with van der Waals surface area (Å²) in [5, 5.41) is 2.80. The Balaban J connectivity index is 2.01. The number of carbonyl (C=O) groups excluding carboxylic acids is 1. The number of carbonyl (C=O) groups is 1. The van der Waals surface area contributed by atoms with Crippen molar-refractivity contribution < 1.29 is 9.53 Å². The Morgan fingerprint density at radius 2 is 2.39 bits per heavy atom. The molecular formula is C11H15BrN4O2. The van der Waals surface area contributed by atoms with Gasteiger partial charge in [-0.15, -0.1) is 0 Å². The highest BCUT2D eigenvalue weighted by Gasteiger charge is 2.25. The second-order valence-electron chi connectivity index (χ2n) is 4.16. The van der Waals surface area contributed by atoms with Crippen molar-refractivity contribution in [2.75, 3.05) is 25.1 Å². The van der Waals surface area contributed by atoms with Gasteiger partial charge in [-0.05, 0) is 29.3 Å². The van der Waals surface area contributed by atoms with E-state index in [2.05, 4.69) is 40.9 Å². The molecule has 1 unspecified atom stereocenters. The molecule has 1 saturated heterocycles. The van der Waals surface area contributed by atoms with Gasteiger partial charge in [-0.1, -0.05) is 0 Å². The van der Waals surface area contributed by atoms with Crippen molar-refractivity contribution in [2.45, 2.75) is 19.4 Å². The van der Waals surface area contributed by atoms with Gasteiger partial charge in [0.05, 0.1) is 13.2 Å². The maximum atomic E-state index is 11.1. The standard InChI is InChI=1S/C11H15BrN4O2/c1-7-13-9(12)5-10(14-7)16-4-3-8(6-16)15-11(17)18-2/h5,8H,3-4,6H2,1-2H3,(H,15,17). The molecule has 18 heavy (non-hydrogen) atoms. The van der Waals surface area contributed by atoms with E-state index >= 15 is 0 Å². The van der Waals surface area contributed by atoms with E-state index < -0.39 is 0 Å². The highest BCUT2D eigenvalue weighted by atomic mass is 79.9. The topological polar surface area (TPSA) is 67.3 Å². The normalized spacial score (nSPS) is 18.8. The van der Waals surface area contributed by atoms with Gasteiger partial charge >= 0.3 is 6.09 Å². The summed E-state index contributed by atoms with van der Waals surface area (Å²) in [6.45, 7) is 3.45. The maximum absolute atomic E-state index is 11.1. The molecule has 0 aromatic carbocycles. The van der Waals surface area contributed by atoms with Gasteiger partial charge in [-0.3, -0.25) is 0 Å². The summed E-state index contributed by atoms with van der Waals surface area (Å²) in [7, 11) is 1.37. The monoisotopic (exact) mass is 314 g/mol. The average molecular weight is 315 g/mol. The molecule has 1 aliphatic rings. The van der Waals surface area contributed by atoms with Crippen LogP contribution in [0.15, 0.2) is 10.7 Å². The fourth-order valence-corrected chi connectivity index (χ4v) is 2.45. The van der Waals surface area contributed by atoms with E-state index in [1.807, 2.05) is 13.0 Å². The number of rotatable bonds is 2. The molecule has 1 N–H and O–H groups in total. The SMILES string of the molecule is COC(=O)NC1CCN(c2cc(Br)nc(C)n2)C1. The van der Waals surface area contributed by atoms with Crippen LogP contribution >= 0.6 is 15.9 Å². The third-order valence-electron chi connectivity index (χ3n) is 2.81. The summed E-state index contributed by atoms with van der Waals surface area (Å²) in [5.41, 5.74) is 0. The van der Waals surface area contributed by atoms with Gasteiger partial charge in [0, 0.05) is 19.2 Å². The van der Waals surface area contributed by atoms with Crippen molar-refractivity contribution in [3.63, 3.8) is 0 Å². The first kappa shape index (κ1) is 13.1. The fourth-order valence-electron chi connectivity index (χ4n) is 1.99. The number of hydrogen-bond donors (Lipinski definition) is 1. The van der Waals surface area contributed by atoms with Crippen LogP contribution in [0.1, 0.15) is 12.2 Å². The molecule has 1 aromatic heterocycles. The summed E-state index contributed by atoms with van der Waals surface area (Å²) in [6.07, 6.45) is 0.498. The van der Waals surface area contributed by atoms with E-state index in [4.69, 9.17) is 0 Å². The smallest absolute Gasteiger partial charge is 0.407 e. The number of aryl methyl sites for hydroxylation is 1. The molecule has 0 saturated carbocycles. The van der Waals surface area contributed by atoms with Crippen molar-refractivity contribution in [2.24, 2.45) is 0 Å². The zero-order valence-electron chi connectivity index (χ0n) is 10.3. The number of amides is 1. The summed E-state index contributed by atoms with van der Waals surface area (Å²) in [5.74, 6) is 1.60. The molecule has 1 amide bonds. The number of nitrogens with zero attached hydrogens (tertiary/aromatic N) is 3. The first-order chi connectivity index (χ1) is 8.58. The Hall–Kier alpha value is -1.37. The number of anilines is 1. The molecule has 1 fully saturated rings. The fraction of sp³-hybridized carbons (Fsp3) is 0.545. The molecule has 2 heterocycles. The van der Waals surface area contributed by atoms with Gasteiger partial charge in [0.1, 0.15) is 16.2 Å². The van der Waals surface area contributed by atoms with Crippen LogP contribution in [-0.4, -0.2) is 42.3 Å². The predicted molar refractivity (Wildman–Crippen MR) is 70.6 cm³/mol. The van der Waals surface area contributed by atoms with Crippen LogP contribution in [0.2, 0.25) is 0 Å². The minimum Gasteiger partial charge on any atom is -0.453 e. The van der Waals surface area contributed by atoms with Crippen LogP contribution in [0.4, 0.5) is 10.6 Å². The molecule has 1 aromatic rings. The van der Waals surface area contributed by atoms with Gasteiger partial charge in [-0.2, -0.15) is 0 Å². The van der Waals surface area contributed by atoms with Gasteiger partial charge in [-0.25, -0.2) is 14.8 Å². The molecule has 7 heteroatoms. The molecule has 1 aliphatic heterocycles. The van der Waals surface area contributed by atoms with Gasteiger partial charge in [0.2, 0.25) is 0 Å². The molecule has 2 rings (SSSR count). The zero-order chi connectivity index (χ0) is 13.1. The van der Waals surface area contributed by atoms with Crippen molar-refractivity contribution in [3.8, 4) is 0 Å². The lowest BCUT2D eigenvalue weighted by Gasteiger charge is -2.18. The summed E-state index contributed by atoms with van der Waals surface area (Å²) in [4.78, 5) is 21.8. The van der Waals surface area contributed by atoms with E-state index in [-0.39, 0.29) is 12.1 Å². The number of halogens is 1. The largest absolute Gasteiger partial charge is 0.453 e. The lowest BCUT2D eigenvalue weighted by molar-refractivity contribution is 0.167. The Morgan fingerprint density at radius 1 is 1.61 bits per heavy atom. The maximum Gasteiger partial charge on any atom is 0.407 e. The number of hydrogen-bond acceptors (Lipinski definition) is 5. The molecule has 0 bridgehead atoms. The Bertz CT molecular complexity index is 434. The predicted octanol–water partition coefficient (Wildman–Crippen LogP) is 1.48. The van der Waals surface area contributed by atoms with Gasteiger partial charge in [0.15, 0.2) is 0 Å². The highest BCUT2D eigenvalue weighted by Crippen LogP contribution is 2.21. The third-order valence-corrected chi connectivity index (χ3v) is 3.22. The molecule has 0 aliphatic carbocycles. The van der Waals surface area contributed by atoms with E-state index in [0.717, 1.165) is 35.8 Å². The van der Waals surface area contributed by atoms with Crippen LogP contribution < -0.4 is 10.2 Å². The molecule has 0 spiro atoms. The van der Waals surface area contributed by atoms with Crippen LogP contribution in [-0.2, 0) is 4.74 Å². The molecule has 98 valence electrons. The van der Waals surface area contributed by atoms with Crippen LogP contribution in [0.25, 0.3) is 0 Å². The number of nitrogens with one attached hydrogen (secondary N) is 1. The quantitative estimate of drug-likeness (QED) is 0.838. The molecule has 0 radical (unpaired) electrons. The van der Waals surface area contributed by atoms with E-state index in [1.165, 1.54) is 7.11 Å². The van der Waals surface area contributed by atoms with Crippen LogP contribution in [0, 0.1) is 6.92 Å². The Kier molecular flexibility index (Phi) is 4.00. The first-order valence-corrected chi connectivity index (χ1v) is 6.48. The molecule has 6 nitrogen and oxygen atoms in total. The number of ether oxygens (including phenoxy) is 1. The second-order valence-corrected chi connectivity index (χ2v) is 4.98. The van der Waals surface area contributed by atoms with Gasteiger partial charge in [0.25, 0.3) is 0 Å².